The first-order valence-electron chi connectivity index (χ1n) is 6.35. The van der Waals surface area contributed by atoms with Gasteiger partial charge >= 0.3 is 0 Å². The summed E-state index contributed by atoms with van der Waals surface area (Å²) >= 11 is 5.56. The molecule has 1 aliphatic rings. The van der Waals surface area contributed by atoms with Gasteiger partial charge in [-0.25, -0.2) is 4.98 Å². The van der Waals surface area contributed by atoms with Crippen LogP contribution in [0.3, 0.4) is 0 Å². The van der Waals surface area contributed by atoms with Gasteiger partial charge in [-0.05, 0) is 45.7 Å². The van der Waals surface area contributed by atoms with Crippen molar-refractivity contribution in [2.75, 3.05) is 13.1 Å². The summed E-state index contributed by atoms with van der Waals surface area (Å²) in [7, 11) is 0. The summed E-state index contributed by atoms with van der Waals surface area (Å²) < 4.78 is 0. The maximum Gasteiger partial charge on any atom is 0.107 e. The molecular weight excluding hydrogens is 296 g/mol. The third-order valence-corrected chi connectivity index (χ3v) is 5.52. The Balaban J connectivity index is 1.86. The van der Waals surface area contributed by atoms with Crippen LogP contribution < -0.4 is 0 Å². The Bertz CT molecular complexity index is 348. The molecule has 1 saturated heterocycles. The molecule has 1 atom stereocenters. The van der Waals surface area contributed by atoms with Gasteiger partial charge in [0, 0.05) is 9.70 Å². The van der Waals surface area contributed by atoms with E-state index in [1.807, 2.05) is 11.3 Å². The summed E-state index contributed by atoms with van der Waals surface area (Å²) in [6, 6.07) is 0. The van der Waals surface area contributed by atoms with Gasteiger partial charge in [-0.1, -0.05) is 22.9 Å². The van der Waals surface area contributed by atoms with E-state index in [1.165, 1.54) is 41.5 Å². The fourth-order valence-electron chi connectivity index (χ4n) is 2.37. The van der Waals surface area contributed by atoms with Crippen LogP contribution in [0.1, 0.15) is 35.3 Å². The minimum Gasteiger partial charge on any atom is -0.297 e. The lowest BCUT2D eigenvalue weighted by atomic mass is 9.94. The van der Waals surface area contributed by atoms with Gasteiger partial charge in [0.05, 0.1) is 12.2 Å². The molecule has 1 unspecified atom stereocenters. The lowest BCUT2D eigenvalue weighted by molar-refractivity contribution is 0.178. The zero-order valence-electron chi connectivity index (χ0n) is 10.9. The first-order chi connectivity index (χ1) is 8.06. The van der Waals surface area contributed by atoms with Gasteiger partial charge in [0.25, 0.3) is 0 Å². The minimum absolute atomic E-state index is 0.661. The highest BCUT2D eigenvalue weighted by Gasteiger charge is 2.22. The smallest absolute Gasteiger partial charge is 0.107 e. The Morgan fingerprint density at radius 1 is 1.41 bits per heavy atom. The second-order valence-electron chi connectivity index (χ2n) is 5.04. The molecule has 4 heteroatoms. The Hall–Kier alpha value is 0.0700. The van der Waals surface area contributed by atoms with Crippen LogP contribution in [-0.4, -0.2) is 27.8 Å². The maximum atomic E-state index is 4.63. The van der Waals surface area contributed by atoms with Crippen LogP contribution in [0, 0.1) is 19.8 Å². The number of rotatable bonds is 3. The molecule has 17 heavy (non-hydrogen) atoms. The fourth-order valence-corrected chi connectivity index (χ4v) is 3.87. The molecular formula is C13H21BrN2S. The number of hydrogen-bond donors (Lipinski definition) is 0. The second-order valence-corrected chi connectivity index (χ2v) is 7.77. The standard InChI is InChI=1S/C13H21BrN2S/c1-9(14)12-4-6-16(7-5-12)8-13-15-10(2)11(3)17-13/h9,12H,4-8H2,1-3H3. The van der Waals surface area contributed by atoms with Crippen LogP contribution in [0.4, 0.5) is 0 Å². The lowest BCUT2D eigenvalue weighted by Crippen LogP contribution is -2.35. The molecule has 0 bridgehead atoms. The molecule has 1 aromatic heterocycles. The summed E-state index contributed by atoms with van der Waals surface area (Å²) in [5.41, 5.74) is 1.20. The largest absolute Gasteiger partial charge is 0.297 e. The summed E-state index contributed by atoms with van der Waals surface area (Å²) in [4.78, 5) is 9.20. The van der Waals surface area contributed by atoms with Crippen molar-refractivity contribution >= 4 is 27.3 Å². The van der Waals surface area contributed by atoms with Crippen LogP contribution >= 0.6 is 27.3 Å². The number of halogens is 1. The summed E-state index contributed by atoms with van der Waals surface area (Å²) in [5, 5.41) is 1.28. The van der Waals surface area contributed by atoms with Crippen LogP contribution in [-0.2, 0) is 6.54 Å². The quantitative estimate of drug-likeness (QED) is 0.789. The van der Waals surface area contributed by atoms with E-state index in [4.69, 9.17) is 0 Å². The molecule has 0 N–H and O–H groups in total. The van der Waals surface area contributed by atoms with Crippen molar-refractivity contribution in [3.05, 3.63) is 15.6 Å². The minimum atomic E-state index is 0.661. The van der Waals surface area contributed by atoms with E-state index in [2.05, 4.69) is 46.6 Å². The van der Waals surface area contributed by atoms with E-state index >= 15 is 0 Å². The number of alkyl halides is 1. The van der Waals surface area contributed by atoms with E-state index in [9.17, 15) is 0 Å². The third kappa shape index (κ3) is 3.52. The summed E-state index contributed by atoms with van der Waals surface area (Å²) in [6.07, 6.45) is 2.63. The molecule has 0 amide bonds. The average Bonchev–Trinajstić information content (AvgIpc) is 2.58. The van der Waals surface area contributed by atoms with Crippen molar-refractivity contribution in [1.29, 1.82) is 0 Å². The molecule has 0 saturated carbocycles. The Kier molecular flexibility index (Phi) is 4.61. The van der Waals surface area contributed by atoms with Gasteiger partial charge in [-0.3, -0.25) is 4.90 Å². The predicted octanol–water partition coefficient (Wildman–Crippen LogP) is 3.76. The zero-order chi connectivity index (χ0) is 12.4. The fraction of sp³-hybridized carbons (Fsp3) is 0.769. The van der Waals surface area contributed by atoms with Crippen molar-refractivity contribution in [3.63, 3.8) is 0 Å². The molecule has 2 heterocycles. The Morgan fingerprint density at radius 3 is 2.53 bits per heavy atom. The molecule has 1 aliphatic heterocycles. The van der Waals surface area contributed by atoms with Gasteiger partial charge in [0.2, 0.25) is 0 Å². The van der Waals surface area contributed by atoms with Crippen molar-refractivity contribution < 1.29 is 0 Å². The number of piperidine rings is 1. The van der Waals surface area contributed by atoms with Crippen LogP contribution in [0.15, 0.2) is 0 Å². The maximum absolute atomic E-state index is 4.63. The van der Waals surface area contributed by atoms with Crippen LogP contribution in [0.2, 0.25) is 0 Å². The van der Waals surface area contributed by atoms with E-state index in [1.54, 1.807) is 0 Å². The molecule has 0 radical (unpaired) electrons. The highest BCUT2D eigenvalue weighted by Crippen LogP contribution is 2.26. The molecule has 2 nitrogen and oxygen atoms in total. The molecule has 1 fully saturated rings. The molecule has 0 aliphatic carbocycles. The monoisotopic (exact) mass is 316 g/mol. The molecule has 2 rings (SSSR count). The first-order valence-corrected chi connectivity index (χ1v) is 8.09. The zero-order valence-corrected chi connectivity index (χ0v) is 13.3. The van der Waals surface area contributed by atoms with E-state index in [0.717, 1.165) is 12.5 Å². The van der Waals surface area contributed by atoms with Gasteiger partial charge in [-0.15, -0.1) is 11.3 Å². The van der Waals surface area contributed by atoms with Crippen LogP contribution in [0.5, 0.6) is 0 Å². The first kappa shape index (κ1) is 13.5. The van der Waals surface area contributed by atoms with Crippen LogP contribution in [0.25, 0.3) is 0 Å². The van der Waals surface area contributed by atoms with Crippen molar-refractivity contribution in [3.8, 4) is 0 Å². The average molecular weight is 317 g/mol. The van der Waals surface area contributed by atoms with Gasteiger partial charge in [0.1, 0.15) is 5.01 Å². The van der Waals surface area contributed by atoms with E-state index < -0.39 is 0 Å². The summed E-state index contributed by atoms with van der Waals surface area (Å²) in [5.74, 6) is 0.853. The lowest BCUT2D eigenvalue weighted by Gasteiger charge is -2.32. The highest BCUT2D eigenvalue weighted by atomic mass is 79.9. The molecule has 0 spiro atoms. The van der Waals surface area contributed by atoms with E-state index in [-0.39, 0.29) is 0 Å². The predicted molar refractivity (Wildman–Crippen MR) is 78.0 cm³/mol. The number of hydrogen-bond acceptors (Lipinski definition) is 3. The number of aryl methyl sites for hydroxylation is 2. The van der Waals surface area contributed by atoms with Crippen molar-refractivity contribution in [2.45, 2.75) is 45.0 Å². The Labute approximate surface area is 117 Å². The summed E-state index contributed by atoms with van der Waals surface area (Å²) in [6.45, 7) is 10.0. The SMILES string of the molecule is Cc1nc(CN2CCC(C(C)Br)CC2)sc1C. The number of aromatic nitrogens is 1. The number of nitrogens with zero attached hydrogens (tertiary/aromatic N) is 2. The molecule has 0 aromatic carbocycles. The van der Waals surface area contributed by atoms with Gasteiger partial charge < -0.3 is 0 Å². The van der Waals surface area contributed by atoms with Crippen molar-refractivity contribution in [1.82, 2.24) is 9.88 Å². The third-order valence-electron chi connectivity index (χ3n) is 3.71. The van der Waals surface area contributed by atoms with E-state index in [0.29, 0.717) is 4.83 Å². The highest BCUT2D eigenvalue weighted by molar-refractivity contribution is 9.09. The topological polar surface area (TPSA) is 16.1 Å². The second kappa shape index (κ2) is 5.81. The number of thiazole rings is 1. The molecule has 1 aromatic rings. The van der Waals surface area contributed by atoms with Crippen molar-refractivity contribution in [2.24, 2.45) is 5.92 Å². The van der Waals surface area contributed by atoms with Gasteiger partial charge in [0.15, 0.2) is 0 Å². The normalized spacial score (nSPS) is 20.7. The Morgan fingerprint density at radius 2 is 2.06 bits per heavy atom. The van der Waals surface area contributed by atoms with Gasteiger partial charge in [-0.2, -0.15) is 0 Å². The number of likely N-dealkylation sites (tertiary alicyclic amines) is 1. The molecule has 96 valence electrons.